The summed E-state index contributed by atoms with van der Waals surface area (Å²) in [5, 5.41) is 6.81. The molecule has 2 aromatic carbocycles. The average Bonchev–Trinajstić information content (AvgIpc) is 2.85. The van der Waals surface area contributed by atoms with E-state index in [2.05, 4.69) is 58.3 Å². The maximum Gasteiger partial charge on any atom is 0.130 e. The summed E-state index contributed by atoms with van der Waals surface area (Å²) >= 11 is 3.49. The second kappa shape index (κ2) is 5.90. The van der Waals surface area contributed by atoms with Gasteiger partial charge in [-0.1, -0.05) is 28.1 Å². The van der Waals surface area contributed by atoms with Crippen molar-refractivity contribution in [1.29, 1.82) is 0 Å². The standard InChI is InChI=1S/C17H17BrN2O/c1-3-20-16(8-12(2)19-20)11-21-17-7-5-13-9-15(18)6-4-14(13)10-17/h4-10H,3,11H2,1-2H3. The zero-order valence-corrected chi connectivity index (χ0v) is 13.7. The van der Waals surface area contributed by atoms with Crippen molar-refractivity contribution in [3.05, 3.63) is 58.3 Å². The molecule has 1 heterocycles. The molecule has 0 N–H and O–H groups in total. The highest BCUT2D eigenvalue weighted by Gasteiger charge is 2.05. The lowest BCUT2D eigenvalue weighted by atomic mass is 10.1. The summed E-state index contributed by atoms with van der Waals surface area (Å²) in [7, 11) is 0. The van der Waals surface area contributed by atoms with Gasteiger partial charge in [0.15, 0.2) is 0 Å². The SMILES string of the molecule is CCn1nc(C)cc1COc1ccc2cc(Br)ccc2c1. The van der Waals surface area contributed by atoms with Gasteiger partial charge < -0.3 is 4.74 Å². The molecule has 0 radical (unpaired) electrons. The lowest BCUT2D eigenvalue weighted by molar-refractivity contribution is 0.293. The van der Waals surface area contributed by atoms with Gasteiger partial charge >= 0.3 is 0 Å². The molecule has 0 atom stereocenters. The van der Waals surface area contributed by atoms with E-state index in [0.717, 1.165) is 28.2 Å². The molecule has 3 nitrogen and oxygen atoms in total. The Labute approximate surface area is 132 Å². The number of aromatic nitrogens is 2. The number of aryl methyl sites for hydroxylation is 2. The molecule has 4 heteroatoms. The molecule has 0 saturated heterocycles. The van der Waals surface area contributed by atoms with Crippen LogP contribution in [-0.4, -0.2) is 9.78 Å². The largest absolute Gasteiger partial charge is 0.487 e. The summed E-state index contributed by atoms with van der Waals surface area (Å²) in [5.74, 6) is 0.881. The fraction of sp³-hybridized carbons (Fsp3) is 0.235. The van der Waals surface area contributed by atoms with Crippen LogP contribution in [0.25, 0.3) is 10.8 Å². The molecule has 0 unspecified atom stereocenters. The number of benzene rings is 2. The predicted octanol–water partition coefficient (Wildman–Crippen LogP) is 4.71. The number of hydrogen-bond donors (Lipinski definition) is 0. The van der Waals surface area contributed by atoms with Crippen molar-refractivity contribution in [2.75, 3.05) is 0 Å². The first-order valence-corrected chi connectivity index (χ1v) is 7.80. The topological polar surface area (TPSA) is 27.1 Å². The van der Waals surface area contributed by atoms with Crippen molar-refractivity contribution in [3.8, 4) is 5.75 Å². The van der Waals surface area contributed by atoms with Gasteiger partial charge in [0.2, 0.25) is 0 Å². The molecule has 3 rings (SSSR count). The van der Waals surface area contributed by atoms with Crippen molar-refractivity contribution in [2.45, 2.75) is 27.0 Å². The van der Waals surface area contributed by atoms with Gasteiger partial charge in [-0.05, 0) is 55.0 Å². The van der Waals surface area contributed by atoms with Gasteiger partial charge in [-0.15, -0.1) is 0 Å². The van der Waals surface area contributed by atoms with E-state index in [1.807, 2.05) is 23.7 Å². The first-order chi connectivity index (χ1) is 10.2. The number of nitrogens with zero attached hydrogens (tertiary/aromatic N) is 2. The fourth-order valence-corrected chi connectivity index (χ4v) is 2.81. The first kappa shape index (κ1) is 14.1. The Morgan fingerprint density at radius 1 is 1.10 bits per heavy atom. The molecule has 0 aliphatic carbocycles. The summed E-state index contributed by atoms with van der Waals surface area (Å²) < 4.78 is 8.98. The van der Waals surface area contributed by atoms with E-state index in [4.69, 9.17) is 4.74 Å². The number of fused-ring (bicyclic) bond motifs is 1. The molecule has 0 bridgehead atoms. The average molecular weight is 345 g/mol. The highest BCUT2D eigenvalue weighted by molar-refractivity contribution is 9.10. The Kier molecular flexibility index (Phi) is 3.97. The van der Waals surface area contributed by atoms with E-state index in [-0.39, 0.29) is 0 Å². The summed E-state index contributed by atoms with van der Waals surface area (Å²) in [6.07, 6.45) is 0. The normalized spacial score (nSPS) is 11.0. The number of rotatable bonds is 4. The highest BCUT2D eigenvalue weighted by Crippen LogP contribution is 2.24. The van der Waals surface area contributed by atoms with Crippen LogP contribution in [0.2, 0.25) is 0 Å². The summed E-state index contributed by atoms with van der Waals surface area (Å²) in [6.45, 7) is 5.49. The minimum Gasteiger partial charge on any atom is -0.487 e. The summed E-state index contributed by atoms with van der Waals surface area (Å²) in [4.78, 5) is 0. The van der Waals surface area contributed by atoms with Gasteiger partial charge in [-0.25, -0.2) is 0 Å². The Balaban J connectivity index is 1.80. The number of halogens is 1. The maximum atomic E-state index is 5.91. The van der Waals surface area contributed by atoms with Crippen molar-refractivity contribution in [1.82, 2.24) is 9.78 Å². The molecule has 108 valence electrons. The van der Waals surface area contributed by atoms with E-state index in [0.29, 0.717) is 6.61 Å². The third-order valence-corrected chi connectivity index (χ3v) is 3.94. The van der Waals surface area contributed by atoms with Gasteiger partial charge in [-0.2, -0.15) is 5.10 Å². The molecule has 0 aliphatic heterocycles. The third-order valence-electron chi connectivity index (χ3n) is 3.45. The molecule has 0 spiro atoms. The van der Waals surface area contributed by atoms with Crippen LogP contribution in [0.15, 0.2) is 46.9 Å². The summed E-state index contributed by atoms with van der Waals surface area (Å²) in [6, 6.07) is 14.5. The quantitative estimate of drug-likeness (QED) is 0.685. The third kappa shape index (κ3) is 3.10. The molecular formula is C17H17BrN2O. The van der Waals surface area contributed by atoms with Gasteiger partial charge in [0.05, 0.1) is 11.4 Å². The van der Waals surface area contributed by atoms with E-state index < -0.39 is 0 Å². The Bertz CT molecular complexity index is 780. The zero-order chi connectivity index (χ0) is 14.8. The maximum absolute atomic E-state index is 5.91. The van der Waals surface area contributed by atoms with E-state index in [1.165, 1.54) is 10.8 Å². The van der Waals surface area contributed by atoms with Crippen LogP contribution in [0.3, 0.4) is 0 Å². The van der Waals surface area contributed by atoms with E-state index >= 15 is 0 Å². The fourth-order valence-electron chi connectivity index (χ4n) is 2.43. The van der Waals surface area contributed by atoms with Gasteiger partial charge in [0.1, 0.15) is 12.4 Å². The Morgan fingerprint density at radius 2 is 1.86 bits per heavy atom. The van der Waals surface area contributed by atoms with Crippen molar-refractivity contribution < 1.29 is 4.74 Å². The molecule has 3 aromatic rings. The van der Waals surface area contributed by atoms with Gasteiger partial charge in [0, 0.05) is 11.0 Å². The van der Waals surface area contributed by atoms with Crippen molar-refractivity contribution in [3.63, 3.8) is 0 Å². The van der Waals surface area contributed by atoms with E-state index in [9.17, 15) is 0 Å². The molecule has 0 amide bonds. The van der Waals surface area contributed by atoms with Gasteiger partial charge in [-0.3, -0.25) is 4.68 Å². The van der Waals surface area contributed by atoms with Crippen LogP contribution >= 0.6 is 15.9 Å². The number of hydrogen-bond acceptors (Lipinski definition) is 2. The minimum absolute atomic E-state index is 0.538. The van der Waals surface area contributed by atoms with Crippen molar-refractivity contribution >= 4 is 26.7 Å². The second-order valence-corrected chi connectivity index (χ2v) is 5.95. The molecule has 1 aromatic heterocycles. The van der Waals surface area contributed by atoms with Crippen LogP contribution in [0.4, 0.5) is 0 Å². The Morgan fingerprint density at radius 3 is 2.67 bits per heavy atom. The predicted molar refractivity (Wildman–Crippen MR) is 88.6 cm³/mol. The molecule has 0 saturated carbocycles. The zero-order valence-electron chi connectivity index (χ0n) is 12.1. The minimum atomic E-state index is 0.538. The Hall–Kier alpha value is -1.81. The first-order valence-electron chi connectivity index (χ1n) is 7.01. The van der Waals surface area contributed by atoms with Crippen LogP contribution in [0.5, 0.6) is 5.75 Å². The molecule has 0 fully saturated rings. The summed E-state index contributed by atoms with van der Waals surface area (Å²) in [5.41, 5.74) is 2.13. The van der Waals surface area contributed by atoms with E-state index in [1.54, 1.807) is 0 Å². The lowest BCUT2D eigenvalue weighted by Crippen LogP contribution is -2.06. The number of ether oxygens (including phenoxy) is 1. The van der Waals surface area contributed by atoms with Gasteiger partial charge in [0.25, 0.3) is 0 Å². The van der Waals surface area contributed by atoms with Crippen molar-refractivity contribution in [2.24, 2.45) is 0 Å². The van der Waals surface area contributed by atoms with Crippen LogP contribution in [-0.2, 0) is 13.2 Å². The molecule has 21 heavy (non-hydrogen) atoms. The second-order valence-electron chi connectivity index (χ2n) is 5.03. The molecular weight excluding hydrogens is 328 g/mol. The van der Waals surface area contributed by atoms with Crippen LogP contribution in [0.1, 0.15) is 18.3 Å². The monoisotopic (exact) mass is 344 g/mol. The van der Waals surface area contributed by atoms with Crippen LogP contribution in [0, 0.1) is 6.92 Å². The highest BCUT2D eigenvalue weighted by atomic mass is 79.9. The molecule has 0 aliphatic rings. The lowest BCUT2D eigenvalue weighted by Gasteiger charge is -2.09. The smallest absolute Gasteiger partial charge is 0.130 e. The van der Waals surface area contributed by atoms with Crippen LogP contribution < -0.4 is 4.74 Å².